The molecule has 5 aromatic carbocycles. The Morgan fingerprint density at radius 1 is 0.605 bits per heavy atom. The van der Waals surface area contributed by atoms with Gasteiger partial charge in [0.15, 0.2) is 0 Å². The zero-order valence-electron chi connectivity index (χ0n) is 25.7. The fourth-order valence-electron chi connectivity index (χ4n) is 7.27. The van der Waals surface area contributed by atoms with Gasteiger partial charge in [0.25, 0.3) is 0 Å². The molecule has 1 nitrogen and oxygen atoms in total. The van der Waals surface area contributed by atoms with Crippen molar-refractivity contribution in [3.05, 3.63) is 149 Å². The normalized spacial score (nSPS) is 14.0. The number of unbranched alkanes of at least 4 members (excludes halogenated alkanes) is 1. The minimum Gasteiger partial charge on any atom is -0.309 e. The number of aromatic nitrogens is 1. The Hall–Kier alpha value is -4.10. The third kappa shape index (κ3) is 5.66. The van der Waals surface area contributed by atoms with Crippen LogP contribution in [0.3, 0.4) is 0 Å². The van der Waals surface area contributed by atoms with Gasteiger partial charge in [-0.3, -0.25) is 0 Å². The van der Waals surface area contributed by atoms with E-state index in [2.05, 4.69) is 134 Å². The maximum atomic E-state index is 2.44. The van der Waals surface area contributed by atoms with Crippen molar-refractivity contribution in [1.29, 1.82) is 0 Å². The Balaban J connectivity index is 0.978. The molecule has 0 aliphatic heterocycles. The van der Waals surface area contributed by atoms with Gasteiger partial charge in [-0.05, 0) is 121 Å². The van der Waals surface area contributed by atoms with Gasteiger partial charge in [0.05, 0.1) is 11.0 Å². The van der Waals surface area contributed by atoms with Crippen LogP contribution in [0, 0.1) is 0 Å². The topological polar surface area (TPSA) is 4.93 Å². The highest BCUT2D eigenvalue weighted by Crippen LogP contribution is 2.35. The largest absolute Gasteiger partial charge is 0.309 e. The highest BCUT2D eigenvalue weighted by Gasteiger charge is 2.17. The van der Waals surface area contributed by atoms with Gasteiger partial charge in [-0.15, -0.1) is 0 Å². The summed E-state index contributed by atoms with van der Waals surface area (Å²) >= 11 is 0. The fraction of sp³-hybridized carbons (Fsp3) is 0.286. The van der Waals surface area contributed by atoms with Gasteiger partial charge < -0.3 is 4.57 Å². The van der Waals surface area contributed by atoms with Crippen LogP contribution >= 0.6 is 0 Å². The highest BCUT2D eigenvalue weighted by molar-refractivity contribution is 6.09. The van der Waals surface area contributed by atoms with E-state index in [1.54, 1.807) is 11.1 Å². The summed E-state index contributed by atoms with van der Waals surface area (Å²) in [6, 6.07) is 43.5. The van der Waals surface area contributed by atoms with Gasteiger partial charge in [0.1, 0.15) is 0 Å². The Morgan fingerprint density at radius 2 is 1.19 bits per heavy atom. The molecule has 1 aromatic heterocycles. The molecule has 0 radical (unpaired) electrons. The van der Waals surface area contributed by atoms with Gasteiger partial charge in [-0.1, -0.05) is 105 Å². The number of hydrogen-bond acceptors (Lipinski definition) is 0. The van der Waals surface area contributed by atoms with Crippen molar-refractivity contribution in [3.8, 4) is 5.69 Å². The first-order chi connectivity index (χ1) is 21.2. The van der Waals surface area contributed by atoms with Crippen LogP contribution in [0.4, 0.5) is 0 Å². The predicted octanol–water partition coefficient (Wildman–Crippen LogP) is 11.1. The zero-order valence-corrected chi connectivity index (χ0v) is 25.7. The molecule has 7 rings (SSSR count). The number of nitrogens with zero attached hydrogens (tertiary/aromatic N) is 1. The Kier molecular flexibility index (Phi) is 7.90. The van der Waals surface area contributed by atoms with Crippen molar-refractivity contribution in [2.75, 3.05) is 0 Å². The number of fused-ring (bicyclic) bond motifs is 4. The standard InChI is InChI=1S/C42H43N/c1-3-33(35-24-26-38(27-25-35)43-41-14-8-6-12-39(41)40-13-7-9-15-42(40)43)28-30(2)34-19-16-31(17-20-34)10-4-5-11-32-18-21-36-22-23-37(36)29-32/h6-9,12-21,24-27,29-30,33H,3-5,10-11,22-23,28H2,1-2H3. The second-order valence-corrected chi connectivity index (χ2v) is 12.8. The van der Waals surface area contributed by atoms with E-state index in [9.17, 15) is 0 Å². The Morgan fingerprint density at radius 3 is 1.79 bits per heavy atom. The van der Waals surface area contributed by atoms with Gasteiger partial charge in [-0.25, -0.2) is 0 Å². The molecular weight excluding hydrogens is 518 g/mol. The number of hydrogen-bond donors (Lipinski definition) is 0. The Bertz CT molecular complexity index is 1780. The molecule has 2 unspecified atom stereocenters. The van der Waals surface area contributed by atoms with Crippen LogP contribution in [0.15, 0.2) is 115 Å². The third-order valence-electron chi connectivity index (χ3n) is 10.00. The van der Waals surface area contributed by atoms with Crippen molar-refractivity contribution in [1.82, 2.24) is 4.57 Å². The monoisotopic (exact) mass is 561 g/mol. The van der Waals surface area contributed by atoms with E-state index in [-0.39, 0.29) is 0 Å². The molecule has 0 saturated heterocycles. The van der Waals surface area contributed by atoms with Gasteiger partial charge >= 0.3 is 0 Å². The van der Waals surface area contributed by atoms with Crippen LogP contribution in [0.1, 0.15) is 84.7 Å². The molecule has 1 heteroatoms. The SMILES string of the molecule is CCC(CC(C)c1ccc(CCCCc2ccc3c(c2)CC3)cc1)c1ccc(-n2c3ccccc3c3ccccc32)cc1. The molecule has 1 aliphatic carbocycles. The van der Waals surface area contributed by atoms with E-state index in [4.69, 9.17) is 0 Å². The third-order valence-corrected chi connectivity index (χ3v) is 10.00. The predicted molar refractivity (Wildman–Crippen MR) is 184 cm³/mol. The molecular formula is C42H43N. The van der Waals surface area contributed by atoms with E-state index >= 15 is 0 Å². The lowest BCUT2D eigenvalue weighted by atomic mass is 9.84. The van der Waals surface area contributed by atoms with Crippen LogP contribution in [0.25, 0.3) is 27.5 Å². The summed E-state index contributed by atoms with van der Waals surface area (Å²) in [5, 5.41) is 2.63. The molecule has 0 N–H and O–H groups in total. The minimum absolute atomic E-state index is 0.534. The molecule has 0 amide bonds. The van der Waals surface area contributed by atoms with E-state index in [1.807, 2.05) is 0 Å². The summed E-state index contributed by atoms with van der Waals surface area (Å²) in [7, 11) is 0. The van der Waals surface area contributed by atoms with Gasteiger partial charge in [0, 0.05) is 16.5 Å². The van der Waals surface area contributed by atoms with Crippen molar-refractivity contribution < 1.29 is 0 Å². The molecule has 2 atom stereocenters. The van der Waals surface area contributed by atoms with Crippen LogP contribution in [-0.4, -0.2) is 4.57 Å². The molecule has 1 heterocycles. The van der Waals surface area contributed by atoms with Crippen LogP contribution in [-0.2, 0) is 25.7 Å². The van der Waals surface area contributed by atoms with Crippen molar-refractivity contribution in [3.63, 3.8) is 0 Å². The number of para-hydroxylation sites is 2. The van der Waals surface area contributed by atoms with Crippen molar-refractivity contribution in [2.45, 2.75) is 77.0 Å². The van der Waals surface area contributed by atoms with Gasteiger partial charge in [0.2, 0.25) is 0 Å². The fourth-order valence-corrected chi connectivity index (χ4v) is 7.27. The van der Waals surface area contributed by atoms with E-state index < -0.39 is 0 Å². The summed E-state index contributed by atoms with van der Waals surface area (Å²) in [4.78, 5) is 0. The maximum Gasteiger partial charge on any atom is 0.0541 e. The first kappa shape index (κ1) is 27.7. The van der Waals surface area contributed by atoms with E-state index in [1.165, 1.54) is 94.7 Å². The van der Waals surface area contributed by atoms with E-state index in [0.29, 0.717) is 11.8 Å². The lowest BCUT2D eigenvalue weighted by molar-refractivity contribution is 0.544. The summed E-state index contributed by atoms with van der Waals surface area (Å²) < 4.78 is 2.41. The smallest absolute Gasteiger partial charge is 0.0541 e. The van der Waals surface area contributed by atoms with Crippen LogP contribution in [0.2, 0.25) is 0 Å². The summed E-state index contributed by atoms with van der Waals surface area (Å²) in [6.45, 7) is 4.74. The second kappa shape index (κ2) is 12.3. The average molecular weight is 562 g/mol. The molecule has 0 saturated carbocycles. The molecule has 1 aliphatic rings. The summed E-state index contributed by atoms with van der Waals surface area (Å²) in [5.74, 6) is 1.09. The quantitative estimate of drug-likeness (QED) is 0.139. The van der Waals surface area contributed by atoms with Crippen molar-refractivity contribution >= 4 is 21.8 Å². The minimum atomic E-state index is 0.534. The zero-order chi connectivity index (χ0) is 29.2. The summed E-state index contributed by atoms with van der Waals surface area (Å²) in [6.07, 6.45) is 9.80. The molecule has 6 aromatic rings. The second-order valence-electron chi connectivity index (χ2n) is 12.8. The first-order valence-corrected chi connectivity index (χ1v) is 16.5. The van der Waals surface area contributed by atoms with Crippen LogP contribution < -0.4 is 0 Å². The lowest BCUT2D eigenvalue weighted by Crippen LogP contribution is -2.08. The molecule has 0 fully saturated rings. The molecule has 43 heavy (non-hydrogen) atoms. The van der Waals surface area contributed by atoms with Crippen molar-refractivity contribution in [2.24, 2.45) is 0 Å². The highest BCUT2D eigenvalue weighted by atomic mass is 15.0. The Labute approximate surface area is 257 Å². The lowest BCUT2D eigenvalue weighted by Gasteiger charge is -2.21. The number of aryl methyl sites for hydroxylation is 4. The number of benzene rings is 5. The average Bonchev–Trinajstić information content (AvgIpc) is 3.38. The van der Waals surface area contributed by atoms with Gasteiger partial charge in [-0.2, -0.15) is 0 Å². The van der Waals surface area contributed by atoms with E-state index in [0.717, 1.165) is 6.42 Å². The summed E-state index contributed by atoms with van der Waals surface area (Å²) in [5.41, 5.74) is 12.8. The maximum absolute atomic E-state index is 2.44. The molecule has 216 valence electrons. The molecule has 0 spiro atoms. The number of rotatable bonds is 11. The van der Waals surface area contributed by atoms with Crippen LogP contribution in [0.5, 0.6) is 0 Å². The molecule has 0 bridgehead atoms. The first-order valence-electron chi connectivity index (χ1n) is 16.5.